The van der Waals surface area contributed by atoms with Crippen LogP contribution in [0, 0.1) is 12.8 Å². The number of anilines is 2. The Hall–Kier alpha value is -1.88. The van der Waals surface area contributed by atoms with Gasteiger partial charge in [0, 0.05) is 18.9 Å². The molecule has 1 aliphatic rings. The summed E-state index contributed by atoms with van der Waals surface area (Å²) in [5.41, 5.74) is 7.65. The molecule has 0 atom stereocenters. The van der Waals surface area contributed by atoms with E-state index in [1.165, 1.54) is 0 Å². The summed E-state index contributed by atoms with van der Waals surface area (Å²) < 4.78 is 0. The van der Waals surface area contributed by atoms with Gasteiger partial charge in [-0.3, -0.25) is 9.59 Å². The van der Waals surface area contributed by atoms with E-state index in [0.29, 0.717) is 17.9 Å². The van der Waals surface area contributed by atoms with Crippen molar-refractivity contribution in [3.05, 3.63) is 23.8 Å². The van der Waals surface area contributed by atoms with E-state index < -0.39 is 0 Å². The highest BCUT2D eigenvalue weighted by Crippen LogP contribution is 2.32. The van der Waals surface area contributed by atoms with Crippen molar-refractivity contribution in [3.63, 3.8) is 0 Å². The van der Waals surface area contributed by atoms with Crippen LogP contribution in [0.25, 0.3) is 0 Å². The minimum atomic E-state index is -0.143. The van der Waals surface area contributed by atoms with Crippen LogP contribution in [-0.2, 0) is 9.59 Å². The Morgan fingerprint density at radius 1 is 1.26 bits per heavy atom. The van der Waals surface area contributed by atoms with Crippen LogP contribution in [0.2, 0.25) is 0 Å². The second-order valence-corrected chi connectivity index (χ2v) is 4.90. The summed E-state index contributed by atoms with van der Waals surface area (Å²) in [5, 5.41) is 5.65. The van der Waals surface area contributed by atoms with Gasteiger partial charge in [0.05, 0.1) is 11.4 Å². The maximum atomic E-state index is 11.8. The molecule has 0 radical (unpaired) electrons. The molecule has 2 rings (SSSR count). The van der Waals surface area contributed by atoms with Crippen molar-refractivity contribution in [2.24, 2.45) is 11.7 Å². The third kappa shape index (κ3) is 3.79. The monoisotopic (exact) mass is 261 g/mol. The summed E-state index contributed by atoms with van der Waals surface area (Å²) in [4.78, 5) is 23.4. The van der Waals surface area contributed by atoms with E-state index in [9.17, 15) is 9.59 Å². The summed E-state index contributed by atoms with van der Waals surface area (Å²) in [6.07, 6.45) is 2.17. The van der Waals surface area contributed by atoms with E-state index in [2.05, 4.69) is 10.6 Å². The molecular formula is C14H19N3O2. The molecule has 4 N–H and O–H groups in total. The number of rotatable bonds is 5. The molecule has 0 saturated heterocycles. The van der Waals surface area contributed by atoms with Gasteiger partial charge in [0.1, 0.15) is 0 Å². The molecule has 19 heavy (non-hydrogen) atoms. The Kier molecular flexibility index (Phi) is 4.16. The predicted octanol–water partition coefficient (Wildman–Crippen LogP) is 1.63. The number of benzene rings is 1. The predicted molar refractivity (Wildman–Crippen MR) is 74.8 cm³/mol. The Morgan fingerprint density at radius 3 is 2.63 bits per heavy atom. The zero-order valence-electron chi connectivity index (χ0n) is 11.0. The van der Waals surface area contributed by atoms with Gasteiger partial charge in [-0.25, -0.2) is 0 Å². The van der Waals surface area contributed by atoms with E-state index in [-0.39, 0.29) is 24.2 Å². The summed E-state index contributed by atoms with van der Waals surface area (Å²) in [5.74, 6) is 0.0158. The highest BCUT2D eigenvalue weighted by molar-refractivity contribution is 6.01. The van der Waals surface area contributed by atoms with E-state index in [1.54, 1.807) is 0 Å². The molecular weight excluding hydrogens is 242 g/mol. The topological polar surface area (TPSA) is 84.2 Å². The lowest BCUT2D eigenvalue weighted by Gasteiger charge is -2.13. The molecule has 0 aromatic heterocycles. The number of aryl methyl sites for hydroxylation is 1. The molecule has 1 aromatic carbocycles. The third-order valence-electron chi connectivity index (χ3n) is 3.03. The maximum absolute atomic E-state index is 11.8. The number of nitrogens with one attached hydrogen (secondary N) is 2. The second-order valence-electron chi connectivity index (χ2n) is 4.90. The Morgan fingerprint density at radius 2 is 2.00 bits per heavy atom. The van der Waals surface area contributed by atoms with Gasteiger partial charge in [-0.15, -0.1) is 0 Å². The summed E-state index contributed by atoms with van der Waals surface area (Å²) in [6, 6.07) is 5.56. The molecule has 0 bridgehead atoms. The fourth-order valence-corrected chi connectivity index (χ4v) is 1.79. The van der Waals surface area contributed by atoms with Crippen molar-refractivity contribution >= 4 is 23.2 Å². The first-order valence-electron chi connectivity index (χ1n) is 6.51. The molecule has 5 nitrogen and oxygen atoms in total. The maximum Gasteiger partial charge on any atom is 0.227 e. The van der Waals surface area contributed by atoms with Gasteiger partial charge >= 0.3 is 0 Å². The van der Waals surface area contributed by atoms with Crippen molar-refractivity contribution in [3.8, 4) is 0 Å². The van der Waals surface area contributed by atoms with Crippen molar-refractivity contribution in [1.82, 2.24) is 0 Å². The van der Waals surface area contributed by atoms with Crippen LogP contribution < -0.4 is 16.4 Å². The van der Waals surface area contributed by atoms with Gasteiger partial charge in [0.2, 0.25) is 11.8 Å². The van der Waals surface area contributed by atoms with E-state index >= 15 is 0 Å². The number of amides is 2. The summed E-state index contributed by atoms with van der Waals surface area (Å²) >= 11 is 0. The molecule has 1 aromatic rings. The van der Waals surface area contributed by atoms with Gasteiger partial charge in [-0.1, -0.05) is 6.07 Å². The highest BCUT2D eigenvalue weighted by atomic mass is 16.2. The highest BCUT2D eigenvalue weighted by Gasteiger charge is 2.30. The van der Waals surface area contributed by atoms with Crippen molar-refractivity contribution in [1.29, 1.82) is 0 Å². The van der Waals surface area contributed by atoms with Gasteiger partial charge < -0.3 is 16.4 Å². The van der Waals surface area contributed by atoms with Crippen LogP contribution in [0.3, 0.4) is 0 Å². The molecule has 102 valence electrons. The number of carbonyl (C=O) groups is 2. The first-order valence-corrected chi connectivity index (χ1v) is 6.51. The minimum absolute atomic E-state index is 0.0261. The molecule has 0 aliphatic heterocycles. The SMILES string of the molecule is Cc1ccc(NC(=O)C2CC2)c(NC(=O)CCN)c1. The largest absolute Gasteiger partial charge is 0.330 e. The first-order chi connectivity index (χ1) is 9.10. The zero-order valence-corrected chi connectivity index (χ0v) is 11.0. The number of nitrogens with two attached hydrogens (primary N) is 1. The third-order valence-corrected chi connectivity index (χ3v) is 3.03. The van der Waals surface area contributed by atoms with E-state index in [4.69, 9.17) is 5.73 Å². The van der Waals surface area contributed by atoms with Crippen molar-refractivity contribution < 1.29 is 9.59 Å². The Labute approximate surface area is 112 Å². The molecule has 0 heterocycles. The standard InChI is InChI=1S/C14H19N3O2/c1-9-2-5-11(17-14(19)10-3-4-10)12(8-9)16-13(18)6-7-15/h2,5,8,10H,3-4,6-7,15H2,1H3,(H,16,18)(H,17,19). The van der Waals surface area contributed by atoms with Crippen LogP contribution in [0.5, 0.6) is 0 Å². The molecule has 5 heteroatoms. The van der Waals surface area contributed by atoms with Crippen molar-refractivity contribution in [2.75, 3.05) is 17.2 Å². The molecule has 0 unspecified atom stereocenters. The molecule has 2 amide bonds. The lowest BCUT2D eigenvalue weighted by molar-refractivity contribution is -0.117. The molecule has 1 saturated carbocycles. The van der Waals surface area contributed by atoms with Crippen LogP contribution in [0.1, 0.15) is 24.8 Å². The quantitative estimate of drug-likeness (QED) is 0.753. The molecule has 1 aliphatic carbocycles. The van der Waals surface area contributed by atoms with Gasteiger partial charge in [0.15, 0.2) is 0 Å². The first kappa shape index (κ1) is 13.5. The minimum Gasteiger partial charge on any atom is -0.330 e. The lowest BCUT2D eigenvalue weighted by atomic mass is 10.1. The second kappa shape index (κ2) is 5.84. The molecule has 1 fully saturated rings. The summed E-state index contributed by atoms with van der Waals surface area (Å²) in [7, 11) is 0. The van der Waals surface area contributed by atoms with Gasteiger partial charge in [-0.2, -0.15) is 0 Å². The Bertz CT molecular complexity index is 495. The summed E-state index contributed by atoms with van der Waals surface area (Å²) in [6.45, 7) is 2.24. The Balaban J connectivity index is 2.12. The van der Waals surface area contributed by atoms with Gasteiger partial charge in [0.25, 0.3) is 0 Å². The van der Waals surface area contributed by atoms with Crippen LogP contribution in [0.4, 0.5) is 11.4 Å². The van der Waals surface area contributed by atoms with Gasteiger partial charge in [-0.05, 0) is 37.5 Å². The van der Waals surface area contributed by atoms with Crippen LogP contribution >= 0.6 is 0 Å². The fourth-order valence-electron chi connectivity index (χ4n) is 1.79. The van der Waals surface area contributed by atoms with E-state index in [0.717, 1.165) is 18.4 Å². The average Bonchev–Trinajstić information content (AvgIpc) is 3.16. The van der Waals surface area contributed by atoms with Crippen LogP contribution in [-0.4, -0.2) is 18.4 Å². The van der Waals surface area contributed by atoms with Crippen LogP contribution in [0.15, 0.2) is 18.2 Å². The fraction of sp³-hybridized carbons (Fsp3) is 0.429. The smallest absolute Gasteiger partial charge is 0.227 e. The lowest BCUT2D eigenvalue weighted by Crippen LogP contribution is -2.19. The van der Waals surface area contributed by atoms with E-state index in [1.807, 2.05) is 25.1 Å². The average molecular weight is 261 g/mol. The zero-order chi connectivity index (χ0) is 13.8. The normalized spacial score (nSPS) is 14.0. The number of hydrogen-bond acceptors (Lipinski definition) is 3. The molecule has 0 spiro atoms. The van der Waals surface area contributed by atoms with Crippen molar-refractivity contribution in [2.45, 2.75) is 26.2 Å². The number of carbonyl (C=O) groups excluding carboxylic acids is 2. The number of hydrogen-bond donors (Lipinski definition) is 3.